The molecule has 0 amide bonds. The van der Waals surface area contributed by atoms with E-state index in [1.807, 2.05) is 7.05 Å². The highest BCUT2D eigenvalue weighted by Gasteiger charge is 2.13. The molecule has 0 aliphatic carbocycles. The van der Waals surface area contributed by atoms with Gasteiger partial charge in [0.25, 0.3) is 0 Å². The molecule has 0 saturated heterocycles. The molecule has 1 aromatic rings. The Morgan fingerprint density at radius 2 is 1.94 bits per heavy atom. The highest BCUT2D eigenvalue weighted by atomic mass is 15.3. The predicted octanol–water partition coefficient (Wildman–Crippen LogP) is 2.53. The highest BCUT2D eigenvalue weighted by Crippen LogP contribution is 2.16. The molecule has 0 bridgehead atoms. The molecule has 0 fully saturated rings. The Labute approximate surface area is 99.2 Å². The maximum absolute atomic E-state index is 4.73. The summed E-state index contributed by atoms with van der Waals surface area (Å²) >= 11 is 0. The van der Waals surface area contributed by atoms with Gasteiger partial charge in [0.1, 0.15) is 0 Å². The molecule has 3 heteroatoms. The maximum atomic E-state index is 4.73. The van der Waals surface area contributed by atoms with Gasteiger partial charge in [-0.1, -0.05) is 27.2 Å². The summed E-state index contributed by atoms with van der Waals surface area (Å²) in [5.74, 6) is 0. The molecule has 16 heavy (non-hydrogen) atoms. The van der Waals surface area contributed by atoms with E-state index in [2.05, 4.69) is 30.8 Å². The van der Waals surface area contributed by atoms with Crippen LogP contribution in [0.2, 0.25) is 0 Å². The topological polar surface area (TPSA) is 29.9 Å². The van der Waals surface area contributed by atoms with Crippen molar-refractivity contribution in [1.29, 1.82) is 0 Å². The lowest BCUT2D eigenvalue weighted by Gasteiger charge is -2.06. The standard InChI is InChI=1S/C13H25N3/c1-5-8-9-16-13(7-3)11(10-14-4)12(6-2)15-16/h14H,5-10H2,1-4H3. The van der Waals surface area contributed by atoms with Crippen LogP contribution in [0.25, 0.3) is 0 Å². The van der Waals surface area contributed by atoms with E-state index in [0.29, 0.717) is 0 Å². The molecule has 0 saturated carbocycles. The lowest BCUT2D eigenvalue weighted by Crippen LogP contribution is -2.10. The van der Waals surface area contributed by atoms with Gasteiger partial charge in [0, 0.05) is 24.3 Å². The SMILES string of the molecule is CCCCn1nc(CC)c(CNC)c1CC. The van der Waals surface area contributed by atoms with Gasteiger partial charge in [-0.3, -0.25) is 4.68 Å². The van der Waals surface area contributed by atoms with Crippen molar-refractivity contribution in [1.82, 2.24) is 15.1 Å². The van der Waals surface area contributed by atoms with E-state index in [1.54, 1.807) is 0 Å². The largest absolute Gasteiger partial charge is 0.316 e. The monoisotopic (exact) mass is 223 g/mol. The molecule has 1 heterocycles. The zero-order chi connectivity index (χ0) is 12.0. The third-order valence-electron chi connectivity index (χ3n) is 3.00. The third kappa shape index (κ3) is 2.85. The van der Waals surface area contributed by atoms with Crippen molar-refractivity contribution in [2.75, 3.05) is 7.05 Å². The lowest BCUT2D eigenvalue weighted by atomic mass is 10.1. The van der Waals surface area contributed by atoms with Crippen LogP contribution in [0.15, 0.2) is 0 Å². The normalized spacial score (nSPS) is 11.0. The molecule has 1 N–H and O–H groups in total. The molecule has 1 rings (SSSR count). The van der Waals surface area contributed by atoms with Crippen LogP contribution in [0.1, 0.15) is 50.6 Å². The van der Waals surface area contributed by atoms with Gasteiger partial charge in [0.2, 0.25) is 0 Å². The predicted molar refractivity (Wildman–Crippen MR) is 68.7 cm³/mol. The number of hydrogen-bond donors (Lipinski definition) is 1. The average molecular weight is 223 g/mol. The Hall–Kier alpha value is -0.830. The second kappa shape index (κ2) is 6.69. The summed E-state index contributed by atoms with van der Waals surface area (Å²) < 4.78 is 2.22. The van der Waals surface area contributed by atoms with Gasteiger partial charge in [-0.05, 0) is 26.3 Å². The average Bonchev–Trinajstić information content (AvgIpc) is 2.64. The molecule has 1 aromatic heterocycles. The minimum absolute atomic E-state index is 0.943. The van der Waals surface area contributed by atoms with Crippen LogP contribution >= 0.6 is 0 Å². The molecule has 0 aliphatic rings. The van der Waals surface area contributed by atoms with Gasteiger partial charge >= 0.3 is 0 Å². The van der Waals surface area contributed by atoms with Crippen molar-refractivity contribution in [2.24, 2.45) is 0 Å². The fourth-order valence-corrected chi connectivity index (χ4v) is 2.14. The minimum Gasteiger partial charge on any atom is -0.316 e. The second-order valence-electron chi connectivity index (χ2n) is 4.19. The number of hydrogen-bond acceptors (Lipinski definition) is 2. The Balaban J connectivity index is 2.98. The summed E-state index contributed by atoms with van der Waals surface area (Å²) in [5.41, 5.74) is 4.10. The Bertz CT molecular complexity index is 315. The summed E-state index contributed by atoms with van der Waals surface area (Å²) in [7, 11) is 2.00. The summed E-state index contributed by atoms with van der Waals surface area (Å²) in [4.78, 5) is 0. The van der Waals surface area contributed by atoms with Crippen LogP contribution in [0, 0.1) is 0 Å². The van der Waals surface area contributed by atoms with E-state index in [-0.39, 0.29) is 0 Å². The Morgan fingerprint density at radius 3 is 2.44 bits per heavy atom. The first-order valence-corrected chi connectivity index (χ1v) is 6.50. The lowest BCUT2D eigenvalue weighted by molar-refractivity contribution is 0.545. The molecule has 92 valence electrons. The summed E-state index contributed by atoms with van der Waals surface area (Å²) in [6.45, 7) is 8.64. The first-order chi connectivity index (χ1) is 7.78. The first-order valence-electron chi connectivity index (χ1n) is 6.50. The van der Waals surface area contributed by atoms with Crippen molar-refractivity contribution < 1.29 is 0 Å². The number of nitrogens with zero attached hydrogens (tertiary/aromatic N) is 2. The van der Waals surface area contributed by atoms with Crippen molar-refractivity contribution >= 4 is 0 Å². The molecular weight excluding hydrogens is 198 g/mol. The molecular formula is C13H25N3. The van der Waals surface area contributed by atoms with Crippen LogP contribution in [-0.4, -0.2) is 16.8 Å². The summed E-state index contributed by atoms with van der Waals surface area (Å²) in [6, 6.07) is 0. The smallest absolute Gasteiger partial charge is 0.0669 e. The number of nitrogens with one attached hydrogen (secondary N) is 1. The number of unbranched alkanes of at least 4 members (excludes halogenated alkanes) is 1. The molecule has 0 radical (unpaired) electrons. The van der Waals surface area contributed by atoms with Gasteiger partial charge < -0.3 is 5.32 Å². The van der Waals surface area contributed by atoms with Gasteiger partial charge in [-0.15, -0.1) is 0 Å². The molecule has 0 aromatic carbocycles. The van der Waals surface area contributed by atoms with Crippen LogP contribution in [0.4, 0.5) is 0 Å². The minimum atomic E-state index is 0.943. The van der Waals surface area contributed by atoms with E-state index in [1.165, 1.54) is 29.8 Å². The van der Waals surface area contributed by atoms with E-state index in [4.69, 9.17) is 5.10 Å². The zero-order valence-electron chi connectivity index (χ0n) is 11.1. The van der Waals surface area contributed by atoms with E-state index < -0.39 is 0 Å². The van der Waals surface area contributed by atoms with Gasteiger partial charge in [-0.2, -0.15) is 5.10 Å². The maximum Gasteiger partial charge on any atom is 0.0669 e. The van der Waals surface area contributed by atoms with Gasteiger partial charge in [0.05, 0.1) is 5.69 Å². The molecule has 0 atom stereocenters. The molecule has 0 spiro atoms. The third-order valence-corrected chi connectivity index (χ3v) is 3.00. The Kier molecular flexibility index (Phi) is 5.53. The molecule has 0 aliphatic heterocycles. The summed E-state index contributed by atoms with van der Waals surface area (Å²) in [6.07, 6.45) is 4.56. The van der Waals surface area contributed by atoms with Gasteiger partial charge in [-0.25, -0.2) is 0 Å². The van der Waals surface area contributed by atoms with E-state index in [0.717, 1.165) is 25.9 Å². The van der Waals surface area contributed by atoms with Crippen LogP contribution < -0.4 is 5.32 Å². The quantitative estimate of drug-likeness (QED) is 0.770. The van der Waals surface area contributed by atoms with Crippen LogP contribution in [0.3, 0.4) is 0 Å². The van der Waals surface area contributed by atoms with Crippen molar-refractivity contribution in [3.8, 4) is 0 Å². The van der Waals surface area contributed by atoms with Crippen molar-refractivity contribution in [3.63, 3.8) is 0 Å². The van der Waals surface area contributed by atoms with E-state index >= 15 is 0 Å². The van der Waals surface area contributed by atoms with Crippen LogP contribution in [-0.2, 0) is 25.9 Å². The molecule has 3 nitrogen and oxygen atoms in total. The van der Waals surface area contributed by atoms with Crippen molar-refractivity contribution in [2.45, 2.75) is 59.5 Å². The first kappa shape index (κ1) is 13.2. The zero-order valence-corrected chi connectivity index (χ0v) is 11.1. The molecule has 0 unspecified atom stereocenters. The number of aromatic nitrogens is 2. The fourth-order valence-electron chi connectivity index (χ4n) is 2.14. The van der Waals surface area contributed by atoms with Crippen molar-refractivity contribution in [3.05, 3.63) is 17.0 Å². The second-order valence-corrected chi connectivity index (χ2v) is 4.19. The van der Waals surface area contributed by atoms with Crippen LogP contribution in [0.5, 0.6) is 0 Å². The summed E-state index contributed by atoms with van der Waals surface area (Å²) in [5, 5.41) is 7.98. The Morgan fingerprint density at radius 1 is 1.19 bits per heavy atom. The number of aryl methyl sites for hydroxylation is 2. The fraction of sp³-hybridized carbons (Fsp3) is 0.769. The highest BCUT2D eigenvalue weighted by molar-refractivity contribution is 5.26. The number of rotatable bonds is 7. The van der Waals surface area contributed by atoms with E-state index in [9.17, 15) is 0 Å². The van der Waals surface area contributed by atoms with Gasteiger partial charge in [0.15, 0.2) is 0 Å².